The van der Waals surface area contributed by atoms with Crippen molar-refractivity contribution < 1.29 is 9.84 Å². The second-order valence-corrected chi connectivity index (χ2v) is 4.87. The molecule has 0 radical (unpaired) electrons. The molecule has 1 N–H and O–H groups in total. The minimum absolute atomic E-state index is 0.0752. The zero-order valence-electron chi connectivity index (χ0n) is 10.5. The summed E-state index contributed by atoms with van der Waals surface area (Å²) in [5, 5.41) is 9.23. The Hall–Kier alpha value is -1.74. The fourth-order valence-electron chi connectivity index (χ4n) is 2.54. The van der Waals surface area contributed by atoms with Crippen molar-refractivity contribution in [1.29, 1.82) is 0 Å². The van der Waals surface area contributed by atoms with E-state index in [1.54, 1.807) is 0 Å². The topological polar surface area (TPSA) is 34.4 Å². The number of aromatic nitrogens is 1. The van der Waals surface area contributed by atoms with Crippen LogP contribution in [0.15, 0.2) is 36.5 Å². The lowest BCUT2D eigenvalue weighted by Gasteiger charge is -2.13. The third kappa shape index (κ3) is 2.02. The van der Waals surface area contributed by atoms with Gasteiger partial charge in [0.2, 0.25) is 0 Å². The van der Waals surface area contributed by atoms with Crippen molar-refractivity contribution in [3.63, 3.8) is 0 Å². The van der Waals surface area contributed by atoms with E-state index >= 15 is 0 Å². The molecule has 0 amide bonds. The standard InChI is InChI=1S/C15H17NO2/c1-11-4-5-15-12(7-11)8-14(18-15)9-16-6-2-3-13(16)10-17/h2-7,14,17H,8-10H2,1H3. The van der Waals surface area contributed by atoms with Gasteiger partial charge in [-0.15, -0.1) is 0 Å². The van der Waals surface area contributed by atoms with Crippen LogP contribution in [-0.2, 0) is 19.6 Å². The van der Waals surface area contributed by atoms with Crippen LogP contribution in [0.3, 0.4) is 0 Å². The van der Waals surface area contributed by atoms with Crippen LogP contribution in [0.5, 0.6) is 5.75 Å². The predicted molar refractivity (Wildman–Crippen MR) is 69.7 cm³/mol. The zero-order chi connectivity index (χ0) is 12.5. The van der Waals surface area contributed by atoms with Gasteiger partial charge in [0.15, 0.2) is 0 Å². The molecular formula is C15H17NO2. The van der Waals surface area contributed by atoms with Gasteiger partial charge in [-0.1, -0.05) is 17.7 Å². The first-order chi connectivity index (χ1) is 8.76. The third-order valence-corrected chi connectivity index (χ3v) is 3.44. The van der Waals surface area contributed by atoms with E-state index in [0.29, 0.717) is 0 Å². The normalized spacial score (nSPS) is 17.6. The zero-order valence-corrected chi connectivity index (χ0v) is 10.5. The summed E-state index contributed by atoms with van der Waals surface area (Å²) < 4.78 is 7.99. The molecule has 1 unspecified atom stereocenters. The van der Waals surface area contributed by atoms with Gasteiger partial charge < -0.3 is 14.4 Å². The van der Waals surface area contributed by atoms with Crippen LogP contribution in [-0.4, -0.2) is 15.8 Å². The Morgan fingerprint density at radius 1 is 1.39 bits per heavy atom. The smallest absolute Gasteiger partial charge is 0.123 e. The van der Waals surface area contributed by atoms with Gasteiger partial charge >= 0.3 is 0 Å². The second-order valence-electron chi connectivity index (χ2n) is 4.87. The first-order valence-corrected chi connectivity index (χ1v) is 6.27. The highest BCUT2D eigenvalue weighted by Gasteiger charge is 2.23. The molecule has 1 aromatic carbocycles. The predicted octanol–water partition coefficient (Wildman–Crippen LogP) is 2.29. The number of aryl methyl sites for hydroxylation is 1. The van der Waals surface area contributed by atoms with Crippen molar-refractivity contribution >= 4 is 0 Å². The summed E-state index contributed by atoms with van der Waals surface area (Å²) in [4.78, 5) is 0. The number of fused-ring (bicyclic) bond motifs is 1. The van der Waals surface area contributed by atoms with E-state index in [0.717, 1.165) is 24.4 Å². The number of benzene rings is 1. The summed E-state index contributed by atoms with van der Waals surface area (Å²) in [6, 6.07) is 10.2. The summed E-state index contributed by atoms with van der Waals surface area (Å²) in [7, 11) is 0. The van der Waals surface area contributed by atoms with Crippen LogP contribution in [0.1, 0.15) is 16.8 Å². The largest absolute Gasteiger partial charge is 0.488 e. The van der Waals surface area contributed by atoms with Crippen molar-refractivity contribution in [2.24, 2.45) is 0 Å². The summed E-state index contributed by atoms with van der Waals surface area (Å²) in [5.41, 5.74) is 3.50. The Labute approximate surface area is 107 Å². The molecule has 0 spiro atoms. The van der Waals surface area contributed by atoms with Gasteiger partial charge in [0.05, 0.1) is 13.2 Å². The van der Waals surface area contributed by atoms with Crippen molar-refractivity contribution in [1.82, 2.24) is 4.57 Å². The van der Waals surface area contributed by atoms with E-state index < -0.39 is 0 Å². The van der Waals surface area contributed by atoms with Crippen LogP contribution in [0.2, 0.25) is 0 Å². The number of hydrogen-bond donors (Lipinski definition) is 1. The van der Waals surface area contributed by atoms with Gasteiger partial charge in [-0.3, -0.25) is 0 Å². The molecule has 0 fully saturated rings. The van der Waals surface area contributed by atoms with E-state index in [1.807, 2.05) is 24.4 Å². The Morgan fingerprint density at radius 3 is 3.11 bits per heavy atom. The van der Waals surface area contributed by atoms with Gasteiger partial charge in [-0.2, -0.15) is 0 Å². The van der Waals surface area contributed by atoms with Gasteiger partial charge in [0, 0.05) is 18.3 Å². The second kappa shape index (κ2) is 4.50. The highest BCUT2D eigenvalue weighted by atomic mass is 16.5. The van der Waals surface area contributed by atoms with Crippen LogP contribution in [0, 0.1) is 6.92 Å². The summed E-state index contributed by atoms with van der Waals surface area (Å²) in [6.45, 7) is 2.96. The Bertz CT molecular complexity index is 559. The Kier molecular flexibility index (Phi) is 2.84. The molecule has 3 nitrogen and oxygen atoms in total. The monoisotopic (exact) mass is 243 g/mol. The fraction of sp³-hybridized carbons (Fsp3) is 0.333. The number of rotatable bonds is 3. The molecule has 18 heavy (non-hydrogen) atoms. The molecule has 3 rings (SSSR count). The molecule has 0 saturated carbocycles. The maximum absolute atomic E-state index is 9.23. The molecule has 3 heteroatoms. The maximum Gasteiger partial charge on any atom is 0.123 e. The lowest BCUT2D eigenvalue weighted by molar-refractivity contribution is 0.201. The van der Waals surface area contributed by atoms with Crippen LogP contribution in [0.25, 0.3) is 0 Å². The molecule has 0 bridgehead atoms. The first-order valence-electron chi connectivity index (χ1n) is 6.27. The number of aliphatic hydroxyl groups excluding tert-OH is 1. The first kappa shape index (κ1) is 11.4. The minimum Gasteiger partial charge on any atom is -0.488 e. The van der Waals surface area contributed by atoms with Gasteiger partial charge in [-0.25, -0.2) is 0 Å². The van der Waals surface area contributed by atoms with Crippen LogP contribution >= 0.6 is 0 Å². The molecule has 0 saturated heterocycles. The lowest BCUT2D eigenvalue weighted by atomic mass is 10.1. The van der Waals surface area contributed by atoms with E-state index in [2.05, 4.69) is 23.6 Å². The van der Waals surface area contributed by atoms with E-state index in [4.69, 9.17) is 4.74 Å². The number of aliphatic hydroxyl groups is 1. The molecular weight excluding hydrogens is 226 g/mol. The number of ether oxygens (including phenoxy) is 1. The maximum atomic E-state index is 9.23. The highest BCUT2D eigenvalue weighted by Crippen LogP contribution is 2.30. The summed E-state index contributed by atoms with van der Waals surface area (Å²) >= 11 is 0. The van der Waals surface area contributed by atoms with Gasteiger partial charge in [0.1, 0.15) is 11.9 Å². The molecule has 1 aliphatic heterocycles. The molecule has 1 atom stereocenters. The Balaban J connectivity index is 1.75. The van der Waals surface area contributed by atoms with Gasteiger partial charge in [0.25, 0.3) is 0 Å². The fourth-order valence-corrected chi connectivity index (χ4v) is 2.54. The summed E-state index contributed by atoms with van der Waals surface area (Å²) in [5.74, 6) is 1.00. The molecule has 2 aromatic rings. The van der Waals surface area contributed by atoms with Crippen LogP contribution < -0.4 is 4.74 Å². The van der Waals surface area contributed by atoms with E-state index in [-0.39, 0.29) is 12.7 Å². The summed E-state index contributed by atoms with van der Waals surface area (Å²) in [6.07, 6.45) is 3.10. The molecule has 2 heterocycles. The quantitative estimate of drug-likeness (QED) is 0.897. The van der Waals surface area contributed by atoms with E-state index in [1.165, 1.54) is 11.1 Å². The van der Waals surface area contributed by atoms with Gasteiger partial charge in [-0.05, 0) is 30.7 Å². The average molecular weight is 243 g/mol. The average Bonchev–Trinajstić information content (AvgIpc) is 2.94. The third-order valence-electron chi connectivity index (χ3n) is 3.44. The Morgan fingerprint density at radius 2 is 2.28 bits per heavy atom. The van der Waals surface area contributed by atoms with Crippen molar-refractivity contribution in [2.45, 2.75) is 32.6 Å². The van der Waals surface area contributed by atoms with Crippen molar-refractivity contribution in [3.8, 4) is 5.75 Å². The minimum atomic E-state index is 0.0752. The van der Waals surface area contributed by atoms with Crippen molar-refractivity contribution in [2.75, 3.05) is 0 Å². The number of nitrogens with zero attached hydrogens (tertiary/aromatic N) is 1. The van der Waals surface area contributed by atoms with E-state index in [9.17, 15) is 5.11 Å². The van der Waals surface area contributed by atoms with Crippen molar-refractivity contribution in [3.05, 3.63) is 53.3 Å². The highest BCUT2D eigenvalue weighted by molar-refractivity contribution is 5.40. The molecule has 0 aliphatic carbocycles. The number of hydrogen-bond acceptors (Lipinski definition) is 2. The van der Waals surface area contributed by atoms with Crippen LogP contribution in [0.4, 0.5) is 0 Å². The molecule has 1 aliphatic rings. The molecule has 94 valence electrons. The molecule has 1 aromatic heterocycles. The SMILES string of the molecule is Cc1ccc2c(c1)CC(Cn1cccc1CO)O2. The lowest BCUT2D eigenvalue weighted by Crippen LogP contribution is -2.21.